The van der Waals surface area contributed by atoms with Gasteiger partial charge in [-0.1, -0.05) is 151 Å². The molecule has 0 radical (unpaired) electrons. The van der Waals surface area contributed by atoms with E-state index in [1.54, 1.807) is 18.2 Å². The Morgan fingerprint density at radius 1 is 0.426 bits per heavy atom. The number of aliphatic hydroxyl groups excluding tert-OH is 6. The first-order valence-electron chi connectivity index (χ1n) is 36.7. The van der Waals surface area contributed by atoms with Gasteiger partial charge in [0.1, 0.15) is 92.9 Å². The van der Waals surface area contributed by atoms with Gasteiger partial charge in [0, 0.05) is 25.2 Å². The SMILES string of the molecule is C.C.CC[C@H]1C=C[C@@H](NC(=O)OCc2ccccc2)[C@@H](O[C@H]2[C@@H](O)[C@H](O[C@@H]3[C@@H](O)[C@H](NC(=O)OCc4ccccc4)C[C@H](C)[C@H]3O[C@H]3O[C@H](CC)C=C[C@H]3NC(=O)OCc3ccccc3)O[C@@H]2CO)O1.NC[C@@H]1CC[C@@H](N)[C@@H](O[C@H]2[C@H](O[C@@H]3O[C@H](CO)[C@@H](O[C@H]4O[C@@H](CN)CC[C@H]4N)[C@H]3O)[C@@H](O)[C@H](N)C[C@@H]2N)O1. The molecule has 4 saturated heterocycles. The molecule has 3 aromatic rings. The van der Waals surface area contributed by atoms with E-state index in [1.165, 1.54) is 0 Å². The van der Waals surface area contributed by atoms with Crippen molar-refractivity contribution in [3.05, 3.63) is 132 Å². The summed E-state index contributed by atoms with van der Waals surface area (Å²) < 4.78 is 90.3. The Morgan fingerprint density at radius 2 is 0.806 bits per heavy atom. The summed E-state index contributed by atoms with van der Waals surface area (Å²) in [5.41, 5.74) is 38.8. The molecule has 2 saturated carbocycles. The molecule has 11 rings (SSSR count). The topological polar surface area (TPSA) is 503 Å². The molecule has 0 spiro atoms. The van der Waals surface area contributed by atoms with Crippen LogP contribution in [0.5, 0.6) is 0 Å². The Hall–Kier alpha value is -6.01. The highest BCUT2D eigenvalue weighted by molar-refractivity contribution is 5.69. The summed E-state index contributed by atoms with van der Waals surface area (Å²) in [6.45, 7) is 5.25. The number of ether oxygens (including phenoxy) is 15. The van der Waals surface area contributed by atoms with Crippen molar-refractivity contribution in [1.82, 2.24) is 16.0 Å². The van der Waals surface area contributed by atoms with Crippen LogP contribution in [0, 0.1) is 5.92 Å². The lowest BCUT2D eigenvalue weighted by molar-refractivity contribution is -0.287. The van der Waals surface area contributed by atoms with Crippen LogP contribution in [0.25, 0.3) is 0 Å². The Kier molecular flexibility index (Phi) is 34.5. The van der Waals surface area contributed by atoms with Crippen molar-refractivity contribution in [3.63, 3.8) is 0 Å². The lowest BCUT2D eigenvalue weighted by Crippen LogP contribution is -2.65. The van der Waals surface area contributed by atoms with E-state index in [0.29, 0.717) is 51.6 Å². The first kappa shape index (κ1) is 87.6. The number of carbonyl (C=O) groups is 3. The molecule has 30 atom stereocenters. The van der Waals surface area contributed by atoms with E-state index in [2.05, 4.69) is 16.0 Å². The Bertz CT molecular complexity index is 3210. The molecule has 0 aromatic heterocycles. The van der Waals surface area contributed by atoms with Crippen molar-refractivity contribution in [2.75, 3.05) is 26.3 Å². The minimum Gasteiger partial charge on any atom is -0.445 e. The van der Waals surface area contributed by atoms with Gasteiger partial charge in [-0.2, -0.15) is 0 Å². The molecule has 2 aliphatic carbocycles. The van der Waals surface area contributed by atoms with Crippen molar-refractivity contribution in [3.8, 4) is 0 Å². The monoisotopic (exact) mass is 1530 g/mol. The predicted molar refractivity (Wildman–Crippen MR) is 389 cm³/mol. The zero-order valence-electron chi connectivity index (χ0n) is 59.9. The van der Waals surface area contributed by atoms with Gasteiger partial charge in [0.2, 0.25) is 0 Å². The van der Waals surface area contributed by atoms with Gasteiger partial charge in [0.15, 0.2) is 37.7 Å². The smallest absolute Gasteiger partial charge is 0.408 e. The van der Waals surface area contributed by atoms with E-state index in [-0.39, 0.29) is 65.8 Å². The molecule has 6 fully saturated rings. The highest BCUT2D eigenvalue weighted by Crippen LogP contribution is 2.39. The van der Waals surface area contributed by atoms with Crippen molar-refractivity contribution < 1.29 is 116 Å². The maximum absolute atomic E-state index is 13.2. The third kappa shape index (κ3) is 23.3. The molecule has 3 amide bonds. The second kappa shape index (κ2) is 42.6. The number of carbonyl (C=O) groups excluding carboxylic acids is 3. The van der Waals surface area contributed by atoms with E-state index in [0.717, 1.165) is 16.7 Å². The fourth-order valence-electron chi connectivity index (χ4n) is 14.0. The van der Waals surface area contributed by atoms with Gasteiger partial charge < -0.3 is 152 Å². The summed E-state index contributed by atoms with van der Waals surface area (Å²) >= 11 is 0. The standard InChI is InChI=1S/C50H63N3O15.C23H46N6O9.2CH4/c1-4-34-21-23-36(51-48(57)60-27-31-15-9-6-10-16-31)45(63-34)66-42-30(3)25-38(53-50(59)62-29-33-19-13-8-14-20-33)40(55)44(42)68-47-41(56)43(39(26-54)65-47)67-46-37(24-22-35(5-2)64-46)52-49(58)61-28-32-17-11-7-12-18-32;24-6-9-1-3-11(26)21(33-9)36-18-14(29)5-13(28)16(31)20(18)38-23-17(32)19(15(8-30)35-23)37-22-12(27)4-2-10(7-25)34-22;;/h6-24,30,34-47,54-56H,4-5,25-29H2,1-3H3,(H,51,57)(H,52,58)(H,53,59);9-23,30-32H,1-8,24-29H2;2*1H4/t30-,34+,35-,36+,37+,38+,39+,40-,41+,42+,43+,44+,45+,46+,47-;9-,10+,11+,12+,13+,14-,15+,16-,17+,18+,19+,20+,21+,22+,23-;;/m00../s1. The molecular weight excluding hydrogens is 1410 g/mol. The molecule has 8 aliphatic rings. The average molecular weight is 1530 g/mol. The molecule has 33 heteroatoms. The number of amides is 3. The third-order valence-corrected chi connectivity index (χ3v) is 20.1. The summed E-state index contributed by atoms with van der Waals surface area (Å²) in [6, 6.07) is 22.7. The number of rotatable bonds is 27. The van der Waals surface area contributed by atoms with E-state index < -0.39 is 197 Å². The van der Waals surface area contributed by atoms with Crippen LogP contribution < -0.4 is 50.4 Å². The quantitative estimate of drug-likeness (QED) is 0.0379. The predicted octanol–water partition coefficient (Wildman–Crippen LogP) is 1.38. The number of hydrogen-bond acceptors (Lipinski definition) is 30. The first-order chi connectivity index (χ1) is 51.2. The second-order valence-electron chi connectivity index (χ2n) is 27.9. The highest BCUT2D eigenvalue weighted by Gasteiger charge is 2.55. The van der Waals surface area contributed by atoms with Crippen LogP contribution >= 0.6 is 0 Å². The number of benzene rings is 3. The fraction of sp³-hybridized carbons (Fsp3) is 0.667. The van der Waals surface area contributed by atoms with Crippen LogP contribution in [-0.2, 0) is 90.9 Å². The number of nitrogens with two attached hydrogens (primary N) is 6. The molecule has 3 aromatic carbocycles. The van der Waals surface area contributed by atoms with E-state index in [4.69, 9.17) is 105 Å². The zero-order chi connectivity index (χ0) is 75.6. The lowest BCUT2D eigenvalue weighted by atomic mass is 9.80. The number of aliphatic hydroxyl groups is 6. The average Bonchev–Trinajstić information content (AvgIpc) is 1.40. The van der Waals surface area contributed by atoms with Crippen LogP contribution in [-0.4, -0.2) is 253 Å². The molecule has 33 nitrogen and oxygen atoms in total. The maximum Gasteiger partial charge on any atom is 0.408 e. The lowest BCUT2D eigenvalue weighted by Gasteiger charge is -2.46. The minimum atomic E-state index is -1.59. The Labute approximate surface area is 631 Å². The van der Waals surface area contributed by atoms with Gasteiger partial charge in [-0.3, -0.25) is 0 Å². The molecule has 0 unspecified atom stereocenters. The van der Waals surface area contributed by atoms with Gasteiger partial charge in [0.05, 0.1) is 68.0 Å². The first-order valence-corrected chi connectivity index (χ1v) is 36.7. The van der Waals surface area contributed by atoms with Crippen molar-refractivity contribution >= 4 is 18.3 Å². The van der Waals surface area contributed by atoms with Crippen LogP contribution in [0.1, 0.15) is 104 Å². The van der Waals surface area contributed by atoms with Gasteiger partial charge >= 0.3 is 18.3 Å². The number of alkyl carbamates (subject to hydrolysis) is 3. The second-order valence-corrected chi connectivity index (χ2v) is 27.9. The molecule has 6 aliphatic heterocycles. The maximum atomic E-state index is 13.2. The minimum absolute atomic E-state index is 0. The van der Waals surface area contributed by atoms with Crippen molar-refractivity contribution in [2.24, 2.45) is 40.3 Å². The van der Waals surface area contributed by atoms with Gasteiger partial charge in [-0.05, 0) is 74.0 Å². The van der Waals surface area contributed by atoms with Gasteiger partial charge in [-0.25, -0.2) is 14.4 Å². The number of nitrogens with one attached hydrogen (secondary N) is 3. The molecule has 0 bridgehead atoms. The van der Waals surface area contributed by atoms with E-state index >= 15 is 0 Å². The van der Waals surface area contributed by atoms with Gasteiger partial charge in [0.25, 0.3) is 0 Å². The summed E-state index contributed by atoms with van der Waals surface area (Å²) in [7, 11) is 0. The highest BCUT2D eigenvalue weighted by atomic mass is 16.8. The van der Waals surface area contributed by atoms with Crippen LogP contribution in [0.4, 0.5) is 14.4 Å². The van der Waals surface area contributed by atoms with Crippen LogP contribution in [0.15, 0.2) is 115 Å². The molecule has 606 valence electrons. The molecular formula is C75H117N9O24. The molecule has 6 heterocycles. The van der Waals surface area contributed by atoms with E-state index in [9.17, 15) is 45.0 Å². The van der Waals surface area contributed by atoms with E-state index in [1.807, 2.05) is 118 Å². The largest absolute Gasteiger partial charge is 0.445 e. The zero-order valence-corrected chi connectivity index (χ0v) is 59.9. The summed E-state index contributed by atoms with van der Waals surface area (Å²) in [6.07, 6.45) is -13.3. The van der Waals surface area contributed by atoms with Crippen molar-refractivity contribution in [2.45, 2.75) is 285 Å². The summed E-state index contributed by atoms with van der Waals surface area (Å²) in [5.74, 6) is -0.468. The summed E-state index contributed by atoms with van der Waals surface area (Å²) in [5, 5.41) is 75.0. The van der Waals surface area contributed by atoms with Crippen molar-refractivity contribution in [1.29, 1.82) is 0 Å². The Balaban J connectivity index is 0.000000311. The molecule has 21 N–H and O–H groups in total. The van der Waals surface area contributed by atoms with Gasteiger partial charge in [-0.15, -0.1) is 0 Å². The Morgan fingerprint density at radius 3 is 1.21 bits per heavy atom. The third-order valence-electron chi connectivity index (χ3n) is 20.1. The summed E-state index contributed by atoms with van der Waals surface area (Å²) in [4.78, 5) is 39.3. The molecule has 108 heavy (non-hydrogen) atoms. The number of hydrogen-bond donors (Lipinski definition) is 15. The van der Waals surface area contributed by atoms with Crippen LogP contribution in [0.3, 0.4) is 0 Å². The van der Waals surface area contributed by atoms with Crippen LogP contribution in [0.2, 0.25) is 0 Å². The normalized spacial score (nSPS) is 38.0. The fourth-order valence-corrected chi connectivity index (χ4v) is 14.0.